The summed E-state index contributed by atoms with van der Waals surface area (Å²) in [6.45, 7) is 3.57. The quantitative estimate of drug-likeness (QED) is 0.238. The second kappa shape index (κ2) is 9.26. The molecule has 1 aromatic carbocycles. The van der Waals surface area contributed by atoms with Gasteiger partial charge in [-0.3, -0.25) is 0 Å². The van der Waals surface area contributed by atoms with Crippen LogP contribution >= 0.6 is 0 Å². The Hall–Kier alpha value is -3.59. The summed E-state index contributed by atoms with van der Waals surface area (Å²) in [6.07, 6.45) is -2.46. The number of ether oxygens (including phenoxy) is 1. The summed E-state index contributed by atoms with van der Waals surface area (Å²) >= 11 is 0. The number of halogens is 5. The fourth-order valence-corrected chi connectivity index (χ4v) is 5.37. The number of nitrogens with one attached hydrogen (secondary N) is 2. The maximum absolute atomic E-state index is 16.2. The first-order valence-electron chi connectivity index (χ1n) is 11.8. The van der Waals surface area contributed by atoms with Crippen molar-refractivity contribution in [3.05, 3.63) is 40.6 Å². The van der Waals surface area contributed by atoms with Crippen molar-refractivity contribution in [1.29, 1.82) is 0 Å². The zero-order valence-corrected chi connectivity index (χ0v) is 21.7. The van der Waals surface area contributed by atoms with E-state index in [0.717, 1.165) is 13.2 Å². The van der Waals surface area contributed by atoms with Crippen molar-refractivity contribution in [2.75, 3.05) is 30.4 Å². The van der Waals surface area contributed by atoms with Gasteiger partial charge in [0.15, 0.2) is 5.82 Å². The van der Waals surface area contributed by atoms with Gasteiger partial charge >= 0.3 is 6.18 Å². The molecule has 2 aromatic heterocycles. The molecule has 9 nitrogen and oxygen atoms in total. The number of nitrogens with two attached hydrogens (primary N) is 1. The van der Waals surface area contributed by atoms with Gasteiger partial charge in [-0.2, -0.15) is 18.2 Å². The van der Waals surface area contributed by atoms with Gasteiger partial charge in [0.2, 0.25) is 20.9 Å². The third kappa shape index (κ3) is 4.84. The van der Waals surface area contributed by atoms with E-state index in [9.17, 15) is 26.0 Å². The van der Waals surface area contributed by atoms with Crippen LogP contribution in [0.15, 0.2) is 23.0 Å². The molecular formula is C24H23F5N6O3S. The van der Waals surface area contributed by atoms with Crippen LogP contribution in [0.2, 0.25) is 0 Å². The summed E-state index contributed by atoms with van der Waals surface area (Å²) in [6, 6.07) is 0.636. The lowest BCUT2D eigenvalue weighted by Gasteiger charge is -2.28. The second-order valence-corrected chi connectivity index (χ2v) is 11.5. The van der Waals surface area contributed by atoms with E-state index in [1.54, 1.807) is 6.92 Å². The van der Waals surface area contributed by atoms with Crippen molar-refractivity contribution >= 4 is 32.2 Å². The number of pyridine rings is 1. The fourth-order valence-electron chi connectivity index (χ4n) is 4.86. The van der Waals surface area contributed by atoms with E-state index >= 15 is 4.39 Å². The van der Waals surface area contributed by atoms with E-state index < -0.39 is 72.5 Å². The summed E-state index contributed by atoms with van der Waals surface area (Å²) in [5.74, 6) is -3.18. The fraction of sp³-hybridized carbons (Fsp3) is 0.375. The summed E-state index contributed by atoms with van der Waals surface area (Å²) in [5.41, 5.74) is 0.889. The van der Waals surface area contributed by atoms with Crippen LogP contribution < -0.4 is 21.1 Å². The van der Waals surface area contributed by atoms with E-state index in [0.29, 0.717) is 31.3 Å². The van der Waals surface area contributed by atoms with Crippen LogP contribution in [0.5, 0.6) is 5.88 Å². The van der Waals surface area contributed by atoms with Gasteiger partial charge in [0.1, 0.15) is 28.2 Å². The Kier molecular flexibility index (Phi) is 6.41. The molecule has 0 amide bonds. The van der Waals surface area contributed by atoms with Crippen LogP contribution in [-0.4, -0.2) is 48.8 Å². The molecule has 1 unspecified atom stereocenters. The number of benzene rings is 1. The Morgan fingerprint density at radius 2 is 1.87 bits per heavy atom. The standard InChI is InChI=1S/C24H23F5N6O3S/c1-9-4-11-5-12(8-31-7-11)32-21-15-20(34-23(35-21)39(3,36)37)18(26)19(33-22(15)38-9)13-6-14(30)17(25)10(2)16(13)24(27,28)29/h5-6,9,11,31H,4,7-8,30H2,1-3H3,(H,32,34,35)/t9-,11?/m0/s1. The van der Waals surface area contributed by atoms with Crippen molar-refractivity contribution in [2.24, 2.45) is 5.92 Å². The SMILES string of the molecule is Cc1c(F)c(N)cc(-c2nc3c4c(nc(S(C)(=O)=O)nc4c2F)NC2=CC(CNC2)C[C@H](C)O3)c1C(F)(F)F. The molecule has 2 bridgehead atoms. The summed E-state index contributed by atoms with van der Waals surface area (Å²) < 4.78 is 104. The molecule has 5 rings (SSSR count). The normalized spacial score (nSPS) is 19.7. The van der Waals surface area contributed by atoms with Crippen LogP contribution in [0.1, 0.15) is 24.5 Å². The number of nitrogens with zero attached hydrogens (tertiary/aromatic N) is 3. The molecule has 39 heavy (non-hydrogen) atoms. The van der Waals surface area contributed by atoms with Crippen molar-refractivity contribution in [3.63, 3.8) is 0 Å². The van der Waals surface area contributed by atoms with E-state index in [1.165, 1.54) is 0 Å². The largest absolute Gasteiger partial charge is 0.474 e. The Morgan fingerprint density at radius 1 is 1.15 bits per heavy atom. The van der Waals surface area contributed by atoms with Crippen LogP contribution in [0, 0.1) is 24.5 Å². The predicted molar refractivity (Wildman–Crippen MR) is 133 cm³/mol. The first-order valence-corrected chi connectivity index (χ1v) is 13.7. The highest BCUT2D eigenvalue weighted by Crippen LogP contribution is 2.45. The number of alkyl halides is 3. The molecule has 4 heterocycles. The highest BCUT2D eigenvalue weighted by atomic mass is 32.2. The Balaban J connectivity index is 1.91. The van der Waals surface area contributed by atoms with Crippen molar-refractivity contribution in [1.82, 2.24) is 20.3 Å². The zero-order valence-electron chi connectivity index (χ0n) is 20.9. The lowest BCUT2D eigenvalue weighted by molar-refractivity contribution is -0.137. The summed E-state index contributed by atoms with van der Waals surface area (Å²) in [7, 11) is -4.10. The van der Waals surface area contributed by atoms with Gasteiger partial charge in [-0.15, -0.1) is 0 Å². The van der Waals surface area contributed by atoms with Gasteiger partial charge in [0.25, 0.3) is 0 Å². The lowest BCUT2D eigenvalue weighted by atomic mass is 9.96. The highest BCUT2D eigenvalue weighted by molar-refractivity contribution is 7.90. The molecule has 0 radical (unpaired) electrons. The average Bonchev–Trinajstić information content (AvgIpc) is 2.82. The molecular weight excluding hydrogens is 547 g/mol. The van der Waals surface area contributed by atoms with Crippen LogP contribution in [-0.2, 0) is 16.0 Å². The molecule has 2 aliphatic rings. The molecule has 2 aliphatic heterocycles. The summed E-state index contributed by atoms with van der Waals surface area (Å²) in [4.78, 5) is 12.1. The van der Waals surface area contributed by atoms with Gasteiger partial charge in [-0.1, -0.05) is 6.08 Å². The lowest BCUT2D eigenvalue weighted by Crippen LogP contribution is -2.34. The Morgan fingerprint density at radius 3 is 2.54 bits per heavy atom. The molecule has 0 fully saturated rings. The molecule has 2 atom stereocenters. The molecule has 15 heteroatoms. The first kappa shape index (κ1) is 27.0. The molecule has 0 spiro atoms. The number of aromatic nitrogens is 3. The number of hydrogen-bond acceptors (Lipinski definition) is 9. The topological polar surface area (TPSA) is 132 Å². The zero-order chi connectivity index (χ0) is 28.4. The first-order chi connectivity index (χ1) is 18.1. The minimum absolute atomic E-state index is 0.0131. The predicted octanol–water partition coefficient (Wildman–Crippen LogP) is 3.97. The van der Waals surface area contributed by atoms with Gasteiger partial charge in [0, 0.05) is 30.6 Å². The number of fused-ring (bicyclic) bond motifs is 1. The minimum Gasteiger partial charge on any atom is -0.474 e. The van der Waals surface area contributed by atoms with Gasteiger partial charge in [0.05, 0.1) is 17.4 Å². The van der Waals surface area contributed by atoms with Gasteiger partial charge < -0.3 is 21.1 Å². The third-order valence-electron chi connectivity index (χ3n) is 6.51. The molecule has 4 N–H and O–H groups in total. The number of hydrogen-bond donors (Lipinski definition) is 3. The maximum Gasteiger partial charge on any atom is 0.417 e. The van der Waals surface area contributed by atoms with E-state index in [1.807, 2.05) is 6.08 Å². The minimum atomic E-state index is -5.11. The third-order valence-corrected chi connectivity index (χ3v) is 7.36. The maximum atomic E-state index is 16.2. The number of anilines is 2. The summed E-state index contributed by atoms with van der Waals surface area (Å²) in [5, 5.41) is 5.27. The second-order valence-electron chi connectivity index (χ2n) is 9.63. The average molecular weight is 571 g/mol. The number of nitrogen functional groups attached to an aromatic ring is 1. The van der Waals surface area contributed by atoms with Crippen molar-refractivity contribution < 1.29 is 35.1 Å². The van der Waals surface area contributed by atoms with E-state index in [4.69, 9.17) is 10.5 Å². The smallest absolute Gasteiger partial charge is 0.417 e. The Bertz CT molecular complexity index is 1660. The van der Waals surface area contributed by atoms with E-state index in [2.05, 4.69) is 25.6 Å². The molecule has 0 saturated carbocycles. The van der Waals surface area contributed by atoms with Crippen LogP contribution in [0.25, 0.3) is 22.2 Å². The Labute approximate surface area is 219 Å². The van der Waals surface area contributed by atoms with Crippen LogP contribution in [0.4, 0.5) is 33.5 Å². The molecule has 0 saturated heterocycles. The van der Waals surface area contributed by atoms with E-state index in [-0.39, 0.29) is 23.0 Å². The van der Waals surface area contributed by atoms with Crippen molar-refractivity contribution in [2.45, 2.75) is 37.7 Å². The van der Waals surface area contributed by atoms with Gasteiger partial charge in [-0.25, -0.2) is 27.2 Å². The number of rotatable bonds is 2. The van der Waals surface area contributed by atoms with Crippen LogP contribution in [0.3, 0.4) is 0 Å². The monoisotopic (exact) mass is 570 g/mol. The van der Waals surface area contributed by atoms with Gasteiger partial charge in [-0.05, 0) is 37.8 Å². The van der Waals surface area contributed by atoms with Crippen molar-refractivity contribution in [3.8, 4) is 17.1 Å². The molecule has 3 aromatic rings. The molecule has 0 aliphatic carbocycles. The number of sulfone groups is 1. The molecule has 208 valence electrons. The highest BCUT2D eigenvalue weighted by Gasteiger charge is 2.39.